The van der Waals surface area contributed by atoms with Crippen LogP contribution in [0.2, 0.25) is 5.02 Å². The van der Waals surface area contributed by atoms with Crippen molar-refractivity contribution in [3.05, 3.63) is 28.8 Å². The maximum absolute atomic E-state index is 12.1. The molecule has 0 aliphatic carbocycles. The summed E-state index contributed by atoms with van der Waals surface area (Å²) in [6.45, 7) is 4.70. The smallest absolute Gasteiger partial charge is 0.252 e. The molecule has 0 saturated carbocycles. The second kappa shape index (κ2) is 11.3. The van der Waals surface area contributed by atoms with Crippen molar-refractivity contribution in [2.24, 2.45) is 5.92 Å². The minimum absolute atomic E-state index is 0. The van der Waals surface area contributed by atoms with Crippen LogP contribution in [0.5, 0.6) is 0 Å². The molecule has 2 rings (SSSR count). The zero-order valence-corrected chi connectivity index (χ0v) is 16.1. The number of nitrogens with one attached hydrogen (secondary N) is 3. The maximum Gasteiger partial charge on any atom is 0.252 e. The summed E-state index contributed by atoms with van der Waals surface area (Å²) in [6.07, 6.45) is 4.58. The summed E-state index contributed by atoms with van der Waals surface area (Å²) in [4.78, 5) is 24.0. The fraction of sp³-hybridized carbons (Fsp3) is 0.556. The van der Waals surface area contributed by atoms with Crippen LogP contribution >= 0.6 is 24.0 Å². The standard InChI is InChI=1S/C18H26ClN3O2.ClH/c1-2-9-21-18(24)15-5-4-14(12-16(15)19)22-17(23)6-3-13-7-10-20-11-8-13;/h4-5,12-13,20H,2-3,6-11H2,1H3,(H,21,24)(H,22,23);1H. The Kier molecular flexibility index (Phi) is 9.86. The fourth-order valence-electron chi connectivity index (χ4n) is 2.84. The molecule has 140 valence electrons. The summed E-state index contributed by atoms with van der Waals surface area (Å²) < 4.78 is 0. The first-order chi connectivity index (χ1) is 11.6. The van der Waals surface area contributed by atoms with E-state index in [-0.39, 0.29) is 24.2 Å². The third-order valence-electron chi connectivity index (χ3n) is 4.27. The summed E-state index contributed by atoms with van der Waals surface area (Å²) in [5.74, 6) is 0.434. The van der Waals surface area contributed by atoms with E-state index in [1.807, 2.05) is 6.92 Å². The van der Waals surface area contributed by atoms with Gasteiger partial charge in [0.1, 0.15) is 0 Å². The van der Waals surface area contributed by atoms with E-state index in [2.05, 4.69) is 16.0 Å². The molecular weight excluding hydrogens is 361 g/mol. The predicted molar refractivity (Wildman–Crippen MR) is 105 cm³/mol. The van der Waals surface area contributed by atoms with Gasteiger partial charge in [0.2, 0.25) is 5.91 Å². The molecule has 1 aliphatic rings. The van der Waals surface area contributed by atoms with Crippen molar-refractivity contribution >= 4 is 41.5 Å². The van der Waals surface area contributed by atoms with Crippen molar-refractivity contribution in [2.75, 3.05) is 25.0 Å². The molecule has 5 nitrogen and oxygen atoms in total. The highest BCUT2D eigenvalue weighted by atomic mass is 35.5. The quantitative estimate of drug-likeness (QED) is 0.668. The number of hydrogen-bond donors (Lipinski definition) is 3. The highest BCUT2D eigenvalue weighted by Gasteiger charge is 2.15. The van der Waals surface area contributed by atoms with E-state index < -0.39 is 0 Å². The van der Waals surface area contributed by atoms with Gasteiger partial charge >= 0.3 is 0 Å². The average Bonchev–Trinajstić information content (AvgIpc) is 2.59. The number of anilines is 1. The van der Waals surface area contributed by atoms with Gasteiger partial charge in [-0.3, -0.25) is 9.59 Å². The Bertz CT molecular complexity index is 575. The molecule has 1 aromatic carbocycles. The molecule has 7 heteroatoms. The number of carbonyl (C=O) groups is 2. The Morgan fingerprint density at radius 2 is 2.00 bits per heavy atom. The Balaban J connectivity index is 0.00000312. The van der Waals surface area contributed by atoms with Crippen molar-refractivity contribution < 1.29 is 9.59 Å². The third kappa shape index (κ3) is 7.22. The van der Waals surface area contributed by atoms with Crippen LogP contribution in [-0.4, -0.2) is 31.4 Å². The largest absolute Gasteiger partial charge is 0.352 e. The molecule has 1 heterocycles. The van der Waals surface area contributed by atoms with Gasteiger partial charge in [0.25, 0.3) is 5.91 Å². The lowest BCUT2D eigenvalue weighted by Gasteiger charge is -2.22. The van der Waals surface area contributed by atoms with Crippen molar-refractivity contribution in [3.8, 4) is 0 Å². The van der Waals surface area contributed by atoms with Crippen molar-refractivity contribution in [2.45, 2.75) is 39.0 Å². The Hall–Kier alpha value is -1.30. The summed E-state index contributed by atoms with van der Waals surface area (Å²) in [6, 6.07) is 5.00. The molecule has 0 unspecified atom stereocenters. The van der Waals surface area contributed by atoms with Crippen LogP contribution in [-0.2, 0) is 4.79 Å². The van der Waals surface area contributed by atoms with Gasteiger partial charge in [-0.05, 0) is 62.9 Å². The van der Waals surface area contributed by atoms with Crippen LogP contribution < -0.4 is 16.0 Å². The first kappa shape index (κ1) is 21.7. The van der Waals surface area contributed by atoms with Gasteiger partial charge in [-0.15, -0.1) is 12.4 Å². The summed E-state index contributed by atoms with van der Waals surface area (Å²) in [5, 5.41) is 9.33. The van der Waals surface area contributed by atoms with Gasteiger partial charge in [0.05, 0.1) is 10.6 Å². The molecule has 1 aromatic rings. The minimum Gasteiger partial charge on any atom is -0.352 e. The first-order valence-electron chi connectivity index (χ1n) is 8.68. The molecule has 1 fully saturated rings. The van der Waals surface area contributed by atoms with E-state index in [0.29, 0.717) is 35.2 Å². The molecule has 3 N–H and O–H groups in total. The van der Waals surface area contributed by atoms with Crippen LogP contribution in [0.4, 0.5) is 5.69 Å². The van der Waals surface area contributed by atoms with E-state index in [4.69, 9.17) is 11.6 Å². The first-order valence-corrected chi connectivity index (χ1v) is 9.06. The van der Waals surface area contributed by atoms with Gasteiger partial charge in [0, 0.05) is 18.7 Å². The zero-order valence-electron chi connectivity index (χ0n) is 14.6. The van der Waals surface area contributed by atoms with Crippen LogP contribution in [0, 0.1) is 5.92 Å². The van der Waals surface area contributed by atoms with E-state index in [9.17, 15) is 9.59 Å². The topological polar surface area (TPSA) is 70.2 Å². The molecule has 0 radical (unpaired) electrons. The average molecular weight is 388 g/mol. The molecule has 0 atom stereocenters. The van der Waals surface area contributed by atoms with Crippen LogP contribution in [0.25, 0.3) is 0 Å². The number of halogens is 2. The molecule has 2 amide bonds. The van der Waals surface area contributed by atoms with Crippen molar-refractivity contribution in [1.29, 1.82) is 0 Å². The monoisotopic (exact) mass is 387 g/mol. The second-order valence-electron chi connectivity index (χ2n) is 6.23. The van der Waals surface area contributed by atoms with Crippen molar-refractivity contribution in [1.82, 2.24) is 10.6 Å². The third-order valence-corrected chi connectivity index (χ3v) is 4.58. The number of piperidine rings is 1. The molecule has 0 spiro atoms. The van der Waals surface area contributed by atoms with Gasteiger partial charge in [-0.2, -0.15) is 0 Å². The van der Waals surface area contributed by atoms with Gasteiger partial charge in [-0.25, -0.2) is 0 Å². The molecular formula is C18H27Cl2N3O2. The molecule has 0 bridgehead atoms. The molecule has 0 aromatic heterocycles. The van der Waals surface area contributed by atoms with E-state index in [0.717, 1.165) is 38.8 Å². The lowest BCUT2D eigenvalue weighted by molar-refractivity contribution is -0.116. The van der Waals surface area contributed by atoms with E-state index >= 15 is 0 Å². The number of benzene rings is 1. The summed E-state index contributed by atoms with van der Waals surface area (Å²) in [5.41, 5.74) is 1.06. The van der Waals surface area contributed by atoms with Crippen LogP contribution in [0.1, 0.15) is 49.4 Å². The predicted octanol–water partition coefficient (Wildman–Crippen LogP) is 3.62. The number of rotatable bonds is 7. The number of hydrogen-bond acceptors (Lipinski definition) is 3. The Labute approximate surface area is 160 Å². The lowest BCUT2D eigenvalue weighted by atomic mass is 9.93. The molecule has 1 saturated heterocycles. The molecule has 25 heavy (non-hydrogen) atoms. The van der Waals surface area contributed by atoms with E-state index in [1.165, 1.54) is 0 Å². The van der Waals surface area contributed by atoms with Gasteiger partial charge in [-0.1, -0.05) is 18.5 Å². The maximum atomic E-state index is 12.1. The SMILES string of the molecule is CCCNC(=O)c1ccc(NC(=O)CCC2CCNCC2)cc1Cl.Cl. The van der Waals surface area contributed by atoms with Crippen LogP contribution in [0.15, 0.2) is 18.2 Å². The van der Waals surface area contributed by atoms with E-state index in [1.54, 1.807) is 18.2 Å². The lowest BCUT2D eigenvalue weighted by Crippen LogP contribution is -2.28. The number of carbonyl (C=O) groups excluding carboxylic acids is 2. The highest BCUT2D eigenvalue weighted by Crippen LogP contribution is 2.22. The van der Waals surface area contributed by atoms with Crippen LogP contribution in [0.3, 0.4) is 0 Å². The molecule has 1 aliphatic heterocycles. The normalized spacial score (nSPS) is 14.5. The Morgan fingerprint density at radius 1 is 1.28 bits per heavy atom. The van der Waals surface area contributed by atoms with Gasteiger partial charge < -0.3 is 16.0 Å². The zero-order chi connectivity index (χ0) is 17.4. The Morgan fingerprint density at radius 3 is 2.64 bits per heavy atom. The summed E-state index contributed by atoms with van der Waals surface area (Å²) in [7, 11) is 0. The second-order valence-corrected chi connectivity index (χ2v) is 6.64. The summed E-state index contributed by atoms with van der Waals surface area (Å²) >= 11 is 6.17. The van der Waals surface area contributed by atoms with Gasteiger partial charge in [0.15, 0.2) is 0 Å². The number of amides is 2. The minimum atomic E-state index is -0.189. The highest BCUT2D eigenvalue weighted by molar-refractivity contribution is 6.34. The van der Waals surface area contributed by atoms with Crippen molar-refractivity contribution in [3.63, 3.8) is 0 Å². The fourth-order valence-corrected chi connectivity index (χ4v) is 3.11.